The molecule has 2 unspecified atom stereocenters. The number of carbonyl (C=O) groups excluding carboxylic acids is 2. The Balaban J connectivity index is 2.29. The Labute approximate surface area is 356 Å². The second-order valence-electron chi connectivity index (χ2n) is 18.7. The molecule has 1 aliphatic heterocycles. The number of Topliss-reactive ketones (excluding diaryl/α,β-unsaturated/α-hetero) is 1. The van der Waals surface area contributed by atoms with E-state index in [-0.39, 0.29) is 11.9 Å². The second kappa shape index (κ2) is 38.8. The van der Waals surface area contributed by atoms with Gasteiger partial charge in [-0.1, -0.05) is 195 Å². The maximum atomic E-state index is 12.8. The molecular weight excluding hydrogens is 703 g/mol. The summed E-state index contributed by atoms with van der Waals surface area (Å²) in [4.78, 5) is 27.7. The first kappa shape index (κ1) is 53.7. The fourth-order valence-electron chi connectivity index (χ4n) is 9.08. The smallest absolute Gasteiger partial charge is 0.310 e. The number of likely N-dealkylation sites (tertiary alicyclic amines) is 1. The van der Waals surface area contributed by atoms with Crippen LogP contribution >= 0.6 is 0 Å². The van der Waals surface area contributed by atoms with Gasteiger partial charge in [-0.05, 0) is 76.3 Å². The van der Waals surface area contributed by atoms with E-state index in [0.29, 0.717) is 18.3 Å². The summed E-state index contributed by atoms with van der Waals surface area (Å²) in [6, 6.07) is 0. The first-order valence-electron chi connectivity index (χ1n) is 25.5. The van der Waals surface area contributed by atoms with E-state index in [1.165, 1.54) is 161 Å². The van der Waals surface area contributed by atoms with E-state index in [9.17, 15) is 9.59 Å². The van der Waals surface area contributed by atoms with Crippen LogP contribution in [0.2, 0.25) is 0 Å². The number of hydrogen-bond acceptors (Lipinski definition) is 5. The minimum absolute atomic E-state index is 0.0171. The van der Waals surface area contributed by atoms with Crippen LogP contribution in [0.4, 0.5) is 0 Å². The van der Waals surface area contributed by atoms with Crippen LogP contribution in [0.3, 0.4) is 0 Å². The zero-order chi connectivity index (χ0) is 41.6. The molecule has 1 heterocycles. The largest absolute Gasteiger partial charge is 0.499 e. The van der Waals surface area contributed by atoms with Crippen molar-refractivity contribution in [3.8, 4) is 0 Å². The highest BCUT2D eigenvalue weighted by molar-refractivity contribution is 5.78. The van der Waals surface area contributed by atoms with Gasteiger partial charge in [0, 0.05) is 25.8 Å². The molecule has 1 fully saturated rings. The second-order valence-corrected chi connectivity index (χ2v) is 18.7. The summed E-state index contributed by atoms with van der Waals surface area (Å²) in [6.07, 6.45) is 42.7. The van der Waals surface area contributed by atoms with Crippen LogP contribution in [0.15, 0.2) is 12.3 Å². The third kappa shape index (κ3) is 32.1. The van der Waals surface area contributed by atoms with Crippen molar-refractivity contribution in [3.05, 3.63) is 12.3 Å². The van der Waals surface area contributed by atoms with Crippen LogP contribution in [0.25, 0.3) is 0 Å². The molecule has 0 spiro atoms. The molecule has 1 aliphatic rings. The van der Waals surface area contributed by atoms with Gasteiger partial charge >= 0.3 is 5.97 Å². The predicted molar refractivity (Wildman–Crippen MR) is 247 cm³/mol. The molecule has 57 heavy (non-hydrogen) atoms. The summed E-state index contributed by atoms with van der Waals surface area (Å²) in [6.45, 7) is 16.7. The molecule has 0 bridgehead atoms. The van der Waals surface area contributed by atoms with Gasteiger partial charge in [-0.25, -0.2) is 0 Å². The fourth-order valence-corrected chi connectivity index (χ4v) is 9.08. The average Bonchev–Trinajstić information content (AvgIpc) is 3.64. The number of ketones is 1. The van der Waals surface area contributed by atoms with Gasteiger partial charge in [0.05, 0.1) is 24.9 Å². The highest BCUT2D eigenvalue weighted by Gasteiger charge is 2.28. The van der Waals surface area contributed by atoms with Crippen molar-refractivity contribution < 1.29 is 19.1 Å². The third-order valence-electron chi connectivity index (χ3n) is 13.1. The molecule has 0 amide bonds. The van der Waals surface area contributed by atoms with Crippen molar-refractivity contribution in [2.75, 3.05) is 33.4 Å². The van der Waals surface area contributed by atoms with Gasteiger partial charge in [-0.3, -0.25) is 9.59 Å². The zero-order valence-corrected chi connectivity index (χ0v) is 39.2. The Morgan fingerprint density at radius 1 is 0.526 bits per heavy atom. The third-order valence-corrected chi connectivity index (χ3v) is 13.1. The van der Waals surface area contributed by atoms with Gasteiger partial charge in [0.15, 0.2) is 0 Å². The van der Waals surface area contributed by atoms with Crippen LogP contribution in [0.1, 0.15) is 252 Å². The predicted octanol–water partition coefficient (Wildman–Crippen LogP) is 15.8. The number of hydrogen-bond donors (Lipinski definition) is 0. The molecule has 0 radical (unpaired) electrons. The van der Waals surface area contributed by atoms with Crippen molar-refractivity contribution in [1.82, 2.24) is 4.90 Å². The van der Waals surface area contributed by atoms with Crippen LogP contribution in [0.5, 0.6) is 0 Å². The van der Waals surface area contributed by atoms with Gasteiger partial charge in [-0.15, -0.1) is 0 Å². The van der Waals surface area contributed by atoms with Crippen LogP contribution in [-0.2, 0) is 19.1 Å². The molecule has 336 valence electrons. The Morgan fingerprint density at radius 3 is 1.46 bits per heavy atom. The van der Waals surface area contributed by atoms with Crippen LogP contribution in [-0.4, -0.2) is 50.0 Å². The molecule has 0 N–H and O–H groups in total. The van der Waals surface area contributed by atoms with Crippen molar-refractivity contribution in [2.45, 2.75) is 252 Å². The molecule has 1 rings (SSSR count). The van der Waals surface area contributed by atoms with Gasteiger partial charge in [0.25, 0.3) is 0 Å². The normalized spacial score (nSPS) is 15.2. The first-order chi connectivity index (χ1) is 27.8. The van der Waals surface area contributed by atoms with E-state index in [0.717, 1.165) is 101 Å². The lowest BCUT2D eigenvalue weighted by Crippen LogP contribution is -2.24. The van der Waals surface area contributed by atoms with E-state index in [4.69, 9.17) is 9.47 Å². The molecule has 2 atom stereocenters. The number of esters is 1. The molecular formula is C52H99NO4. The number of ether oxygens (including phenoxy) is 2. The Bertz CT molecular complexity index is 859. The van der Waals surface area contributed by atoms with Crippen LogP contribution < -0.4 is 0 Å². The summed E-state index contributed by atoms with van der Waals surface area (Å²) >= 11 is 0. The van der Waals surface area contributed by atoms with Gasteiger partial charge in [0.1, 0.15) is 5.78 Å². The number of unbranched alkanes of at least 4 members (excludes halogenated alkanes) is 16. The van der Waals surface area contributed by atoms with E-state index in [1.807, 2.05) is 0 Å². The van der Waals surface area contributed by atoms with E-state index < -0.39 is 0 Å². The highest BCUT2D eigenvalue weighted by Crippen LogP contribution is 2.26. The molecule has 5 nitrogen and oxygen atoms in total. The Morgan fingerprint density at radius 2 is 0.947 bits per heavy atom. The summed E-state index contributed by atoms with van der Waals surface area (Å²) in [7, 11) is 2.09. The summed E-state index contributed by atoms with van der Waals surface area (Å²) in [5, 5.41) is 0. The number of carbonyl (C=O) groups is 2. The Hall–Kier alpha value is -1.36. The first-order valence-corrected chi connectivity index (χ1v) is 25.5. The maximum Gasteiger partial charge on any atom is 0.310 e. The van der Waals surface area contributed by atoms with Gasteiger partial charge in [-0.2, -0.15) is 0 Å². The monoisotopic (exact) mass is 802 g/mol. The van der Waals surface area contributed by atoms with E-state index in [1.54, 1.807) is 0 Å². The quantitative estimate of drug-likeness (QED) is 0.0349. The molecule has 0 saturated carbocycles. The summed E-state index contributed by atoms with van der Waals surface area (Å²) in [5.74, 6) is 3.63. The highest BCUT2D eigenvalue weighted by atomic mass is 16.5. The minimum Gasteiger partial charge on any atom is -0.499 e. The maximum absolute atomic E-state index is 12.8. The van der Waals surface area contributed by atoms with Crippen molar-refractivity contribution in [3.63, 3.8) is 0 Å². The number of rotatable bonds is 43. The zero-order valence-electron chi connectivity index (χ0n) is 39.2. The molecule has 0 aromatic rings. The van der Waals surface area contributed by atoms with Crippen molar-refractivity contribution >= 4 is 11.8 Å². The van der Waals surface area contributed by atoms with Gasteiger partial charge < -0.3 is 14.4 Å². The number of allylic oxidation sites excluding steroid dienone is 1. The van der Waals surface area contributed by atoms with Crippen molar-refractivity contribution in [1.29, 1.82) is 0 Å². The standard InChI is InChI=1S/C52H99NO4/c1-7-11-21-31-47(32-22-12-8-2)37-29-39-51(54)38-28-20-16-19-27-36-49(45-57-52(55)50-40-42-53(6)44-50)35-26-18-15-17-25-30-46(5)56-43-41-48(33-23-13-9-3)34-24-14-10-4/h47-50H,5,7-45H2,1-4,6H3. The Kier molecular flexibility index (Phi) is 36.5. The molecule has 5 heteroatoms. The lowest BCUT2D eigenvalue weighted by Gasteiger charge is -2.19. The van der Waals surface area contributed by atoms with E-state index >= 15 is 0 Å². The number of nitrogens with zero attached hydrogens (tertiary/aromatic N) is 1. The summed E-state index contributed by atoms with van der Waals surface area (Å²) in [5.41, 5.74) is 0. The molecule has 0 aliphatic carbocycles. The van der Waals surface area contributed by atoms with Crippen LogP contribution in [0, 0.1) is 23.7 Å². The topological polar surface area (TPSA) is 55.8 Å². The average molecular weight is 802 g/mol. The lowest BCUT2D eigenvalue weighted by molar-refractivity contribution is -0.149. The van der Waals surface area contributed by atoms with Crippen molar-refractivity contribution in [2.24, 2.45) is 23.7 Å². The molecule has 0 aromatic heterocycles. The SMILES string of the molecule is C=C(CCCCCCCC(CCCCCCCC(=O)CCCC(CCCCC)CCCCC)COC(=O)C1CCN(C)C1)OCCC(CCCCC)CCCCC. The molecule has 0 aromatic carbocycles. The van der Waals surface area contributed by atoms with E-state index in [2.05, 4.69) is 46.2 Å². The fraction of sp³-hybridized carbons (Fsp3) is 0.923. The summed E-state index contributed by atoms with van der Waals surface area (Å²) < 4.78 is 12.0. The van der Waals surface area contributed by atoms with Gasteiger partial charge in [0.2, 0.25) is 0 Å². The lowest BCUT2D eigenvalue weighted by atomic mass is 9.90. The molecule has 1 saturated heterocycles. The minimum atomic E-state index is 0.0171.